The fourth-order valence-electron chi connectivity index (χ4n) is 1.90. The highest BCUT2D eigenvalue weighted by molar-refractivity contribution is 7.13. The molecule has 0 saturated heterocycles. The molecular formula is C12H18N2O2S. The Morgan fingerprint density at radius 1 is 1.59 bits per heavy atom. The minimum atomic E-state index is -0.766. The average molecular weight is 254 g/mol. The van der Waals surface area contributed by atoms with Crippen molar-refractivity contribution in [3.05, 3.63) is 11.1 Å². The Morgan fingerprint density at radius 2 is 2.41 bits per heavy atom. The lowest BCUT2D eigenvalue weighted by Crippen LogP contribution is -2.15. The Hall–Kier alpha value is -1.10. The largest absolute Gasteiger partial charge is 0.481 e. The number of hydrogen-bond acceptors (Lipinski definition) is 4. The summed E-state index contributed by atoms with van der Waals surface area (Å²) < 4.78 is 0. The van der Waals surface area contributed by atoms with Gasteiger partial charge in [0.1, 0.15) is 0 Å². The molecule has 1 aliphatic carbocycles. The van der Waals surface area contributed by atoms with Crippen LogP contribution in [0.5, 0.6) is 0 Å². The standard InChI is InChI=1S/C12H18N2O2S/c15-11(16)5-4-10-8-17-12(14-10)13-7-6-9-2-1-3-9/h8-9H,1-7H2,(H,13,14)(H,15,16). The van der Waals surface area contributed by atoms with E-state index < -0.39 is 5.97 Å². The summed E-state index contributed by atoms with van der Waals surface area (Å²) in [4.78, 5) is 14.8. The molecule has 0 amide bonds. The maximum Gasteiger partial charge on any atom is 0.303 e. The zero-order chi connectivity index (χ0) is 12.1. The van der Waals surface area contributed by atoms with Crippen LogP contribution in [0, 0.1) is 5.92 Å². The number of thiazole rings is 1. The molecule has 1 saturated carbocycles. The normalized spacial score (nSPS) is 15.5. The summed E-state index contributed by atoms with van der Waals surface area (Å²) in [5, 5.41) is 14.7. The quantitative estimate of drug-likeness (QED) is 0.785. The lowest BCUT2D eigenvalue weighted by Gasteiger charge is -2.24. The number of carboxylic acid groups (broad SMARTS) is 1. The second kappa shape index (κ2) is 6.00. The molecule has 0 unspecified atom stereocenters. The van der Waals surface area contributed by atoms with Crippen molar-refractivity contribution in [3.63, 3.8) is 0 Å². The van der Waals surface area contributed by atoms with E-state index in [0.29, 0.717) is 6.42 Å². The summed E-state index contributed by atoms with van der Waals surface area (Å²) in [6.45, 7) is 0.983. The van der Waals surface area contributed by atoms with E-state index in [0.717, 1.165) is 23.3 Å². The number of anilines is 1. The maximum absolute atomic E-state index is 10.4. The molecule has 0 atom stereocenters. The van der Waals surface area contributed by atoms with Gasteiger partial charge in [0.05, 0.1) is 12.1 Å². The van der Waals surface area contributed by atoms with Crippen molar-refractivity contribution >= 4 is 22.4 Å². The molecule has 1 heterocycles. The van der Waals surface area contributed by atoms with E-state index in [4.69, 9.17) is 5.11 Å². The summed E-state index contributed by atoms with van der Waals surface area (Å²) in [6.07, 6.45) is 6.06. The minimum absolute atomic E-state index is 0.158. The molecule has 1 aromatic heterocycles. The van der Waals surface area contributed by atoms with Crippen LogP contribution in [0.3, 0.4) is 0 Å². The first-order chi connectivity index (χ1) is 8.24. The van der Waals surface area contributed by atoms with Crippen molar-refractivity contribution in [2.45, 2.75) is 38.5 Å². The summed E-state index contributed by atoms with van der Waals surface area (Å²) in [6, 6.07) is 0. The van der Waals surface area contributed by atoms with Gasteiger partial charge >= 0.3 is 5.97 Å². The third kappa shape index (κ3) is 4.00. The number of carbonyl (C=O) groups is 1. The highest BCUT2D eigenvalue weighted by Crippen LogP contribution is 2.29. The molecule has 2 rings (SSSR count). The number of hydrogen-bond donors (Lipinski definition) is 2. The van der Waals surface area contributed by atoms with E-state index in [9.17, 15) is 4.79 Å². The lowest BCUT2D eigenvalue weighted by atomic mass is 9.83. The van der Waals surface area contributed by atoms with E-state index in [2.05, 4.69) is 10.3 Å². The van der Waals surface area contributed by atoms with Crippen molar-refractivity contribution in [2.24, 2.45) is 5.92 Å². The van der Waals surface area contributed by atoms with Gasteiger partial charge in [0.15, 0.2) is 5.13 Å². The number of aromatic nitrogens is 1. The smallest absolute Gasteiger partial charge is 0.303 e. The van der Waals surface area contributed by atoms with Gasteiger partial charge < -0.3 is 10.4 Å². The van der Waals surface area contributed by atoms with E-state index in [-0.39, 0.29) is 6.42 Å². The van der Waals surface area contributed by atoms with E-state index in [1.807, 2.05) is 5.38 Å². The second-order valence-electron chi connectivity index (χ2n) is 4.55. The summed E-state index contributed by atoms with van der Waals surface area (Å²) >= 11 is 1.56. The van der Waals surface area contributed by atoms with Gasteiger partial charge in [-0.1, -0.05) is 19.3 Å². The first kappa shape index (κ1) is 12.4. The van der Waals surface area contributed by atoms with Gasteiger partial charge in [0, 0.05) is 18.3 Å². The second-order valence-corrected chi connectivity index (χ2v) is 5.41. The molecule has 1 aliphatic rings. The van der Waals surface area contributed by atoms with Crippen molar-refractivity contribution in [2.75, 3.05) is 11.9 Å². The van der Waals surface area contributed by atoms with Crippen molar-refractivity contribution in [1.29, 1.82) is 0 Å². The van der Waals surface area contributed by atoms with Crippen LogP contribution in [-0.4, -0.2) is 22.6 Å². The minimum Gasteiger partial charge on any atom is -0.481 e. The molecule has 0 aromatic carbocycles. The molecule has 1 aromatic rings. The van der Waals surface area contributed by atoms with E-state index in [1.165, 1.54) is 25.7 Å². The Balaban J connectivity index is 1.67. The highest BCUT2D eigenvalue weighted by atomic mass is 32.1. The predicted octanol–water partition coefficient (Wildman–Crippen LogP) is 2.76. The van der Waals surface area contributed by atoms with Crippen molar-refractivity contribution in [3.8, 4) is 0 Å². The lowest BCUT2D eigenvalue weighted by molar-refractivity contribution is -0.136. The van der Waals surface area contributed by atoms with Gasteiger partial charge in [-0.25, -0.2) is 4.98 Å². The van der Waals surface area contributed by atoms with Crippen LogP contribution in [0.4, 0.5) is 5.13 Å². The van der Waals surface area contributed by atoms with Crippen LogP contribution < -0.4 is 5.32 Å². The molecule has 0 spiro atoms. The molecule has 2 N–H and O–H groups in total. The van der Waals surface area contributed by atoms with Crippen LogP contribution in [0.2, 0.25) is 0 Å². The zero-order valence-corrected chi connectivity index (χ0v) is 10.6. The number of rotatable bonds is 7. The fourth-order valence-corrected chi connectivity index (χ4v) is 2.68. The molecule has 0 radical (unpaired) electrons. The maximum atomic E-state index is 10.4. The molecule has 94 valence electrons. The zero-order valence-electron chi connectivity index (χ0n) is 9.82. The van der Waals surface area contributed by atoms with Gasteiger partial charge in [-0.15, -0.1) is 11.3 Å². The first-order valence-corrected chi connectivity index (χ1v) is 7.02. The summed E-state index contributed by atoms with van der Waals surface area (Å²) in [7, 11) is 0. The Kier molecular flexibility index (Phi) is 4.36. The topological polar surface area (TPSA) is 62.2 Å². The monoisotopic (exact) mass is 254 g/mol. The Bertz CT molecular complexity index is 374. The van der Waals surface area contributed by atoms with Gasteiger partial charge in [-0.3, -0.25) is 4.79 Å². The van der Waals surface area contributed by atoms with Crippen LogP contribution in [0.25, 0.3) is 0 Å². The van der Waals surface area contributed by atoms with Crippen molar-refractivity contribution < 1.29 is 9.90 Å². The van der Waals surface area contributed by atoms with E-state index in [1.54, 1.807) is 11.3 Å². The van der Waals surface area contributed by atoms with Crippen molar-refractivity contribution in [1.82, 2.24) is 4.98 Å². The predicted molar refractivity (Wildman–Crippen MR) is 68.5 cm³/mol. The van der Waals surface area contributed by atoms with Gasteiger partial charge in [-0.2, -0.15) is 0 Å². The van der Waals surface area contributed by atoms with Crippen LogP contribution >= 0.6 is 11.3 Å². The number of carboxylic acids is 1. The molecule has 1 fully saturated rings. The number of nitrogens with zero attached hydrogens (tertiary/aromatic N) is 1. The third-order valence-corrected chi connectivity index (χ3v) is 4.05. The van der Waals surface area contributed by atoms with Gasteiger partial charge in [0.25, 0.3) is 0 Å². The Morgan fingerprint density at radius 3 is 3.06 bits per heavy atom. The number of aliphatic carboxylic acids is 1. The molecule has 5 heteroatoms. The molecular weight excluding hydrogens is 236 g/mol. The molecule has 0 bridgehead atoms. The molecule has 4 nitrogen and oxygen atoms in total. The highest BCUT2D eigenvalue weighted by Gasteiger charge is 2.16. The average Bonchev–Trinajstić information content (AvgIpc) is 2.67. The van der Waals surface area contributed by atoms with E-state index >= 15 is 0 Å². The molecule has 17 heavy (non-hydrogen) atoms. The fraction of sp³-hybridized carbons (Fsp3) is 0.667. The molecule has 0 aliphatic heterocycles. The SMILES string of the molecule is O=C(O)CCc1csc(NCCC2CCC2)n1. The van der Waals surface area contributed by atoms with Crippen LogP contribution in [0.15, 0.2) is 5.38 Å². The third-order valence-electron chi connectivity index (χ3n) is 3.20. The van der Waals surface area contributed by atoms with Crippen LogP contribution in [-0.2, 0) is 11.2 Å². The Labute approximate surface area is 105 Å². The summed E-state index contributed by atoms with van der Waals surface area (Å²) in [5.74, 6) is 0.145. The number of nitrogens with one attached hydrogen (secondary N) is 1. The first-order valence-electron chi connectivity index (χ1n) is 6.14. The summed E-state index contributed by atoms with van der Waals surface area (Å²) in [5.41, 5.74) is 0.878. The van der Waals surface area contributed by atoms with Gasteiger partial charge in [0.2, 0.25) is 0 Å². The van der Waals surface area contributed by atoms with Gasteiger partial charge in [-0.05, 0) is 12.3 Å². The van der Waals surface area contributed by atoms with Crippen LogP contribution in [0.1, 0.15) is 37.8 Å². The number of aryl methyl sites for hydroxylation is 1.